The summed E-state index contributed by atoms with van der Waals surface area (Å²) in [7, 11) is 2.11. The normalized spacial score (nSPS) is 20.7. The number of nitrogens with one attached hydrogen (secondary N) is 3. The van der Waals surface area contributed by atoms with Crippen molar-refractivity contribution < 1.29 is 9.59 Å². The van der Waals surface area contributed by atoms with Gasteiger partial charge in [-0.15, -0.1) is 23.7 Å². The van der Waals surface area contributed by atoms with Gasteiger partial charge in [0, 0.05) is 46.0 Å². The number of benzene rings is 1. The highest BCUT2D eigenvalue weighted by Gasteiger charge is 2.30. The number of amides is 2. The lowest BCUT2D eigenvalue weighted by molar-refractivity contribution is 0.0862. The Morgan fingerprint density at radius 3 is 2.58 bits per heavy atom. The van der Waals surface area contributed by atoms with Crippen LogP contribution < -0.4 is 10.6 Å². The fourth-order valence-corrected chi connectivity index (χ4v) is 6.12. The van der Waals surface area contributed by atoms with Gasteiger partial charge in [0.25, 0.3) is 11.8 Å². The smallest absolute Gasteiger partial charge is 0.268 e. The molecule has 33 heavy (non-hydrogen) atoms. The van der Waals surface area contributed by atoms with Crippen LogP contribution in [-0.2, 0) is 13.0 Å². The molecule has 2 aliphatic rings. The van der Waals surface area contributed by atoms with Gasteiger partial charge < -0.3 is 20.5 Å². The number of fused-ring (bicyclic) bond motifs is 2. The fraction of sp³-hybridized carbons (Fsp3) is 0.417. The van der Waals surface area contributed by atoms with E-state index in [-0.39, 0.29) is 36.3 Å². The third-order valence-electron chi connectivity index (χ3n) is 6.52. The van der Waals surface area contributed by atoms with Crippen LogP contribution >= 0.6 is 35.3 Å². The van der Waals surface area contributed by atoms with Crippen molar-refractivity contribution in [2.45, 2.75) is 50.7 Å². The van der Waals surface area contributed by atoms with Gasteiger partial charge in [-0.25, -0.2) is 0 Å². The summed E-state index contributed by atoms with van der Waals surface area (Å²) in [6, 6.07) is 9.23. The average Bonchev–Trinajstić information content (AvgIpc) is 3.38. The summed E-state index contributed by atoms with van der Waals surface area (Å²) in [4.78, 5) is 33.5. The lowest BCUT2D eigenvalue weighted by Gasteiger charge is -2.32. The Kier molecular flexibility index (Phi) is 7.34. The topological polar surface area (TPSA) is 77.2 Å². The molecular formula is C24H28Cl2N4O2S. The van der Waals surface area contributed by atoms with Crippen molar-refractivity contribution in [3.8, 4) is 0 Å². The van der Waals surface area contributed by atoms with E-state index < -0.39 is 0 Å². The second-order valence-corrected chi connectivity index (χ2v) is 10.5. The standard InChI is InChI=1S/C24H27ClN4O2S.ClH/c1-29-9-8-14-12-21(32-22(14)13-29)24(31)28-19-5-3-2-4-18(19)27-23(30)20-11-15-10-16(25)6-7-17(15)26-20;/h6-7,10-12,18-19,26H,2-5,8-9,13H2,1H3,(H,27,30)(H,28,31);1H/t18-,19+;/m0./s1. The van der Waals surface area contributed by atoms with E-state index in [0.29, 0.717) is 10.7 Å². The molecule has 3 heterocycles. The Morgan fingerprint density at radius 2 is 1.82 bits per heavy atom. The summed E-state index contributed by atoms with van der Waals surface area (Å²) in [6.45, 7) is 1.94. The number of thiophene rings is 1. The molecule has 6 nitrogen and oxygen atoms in total. The number of aromatic nitrogens is 1. The van der Waals surface area contributed by atoms with E-state index in [1.165, 1.54) is 10.4 Å². The summed E-state index contributed by atoms with van der Waals surface area (Å²) >= 11 is 7.66. The molecule has 0 radical (unpaired) electrons. The molecule has 1 aromatic carbocycles. The number of rotatable bonds is 4. The molecule has 0 bridgehead atoms. The van der Waals surface area contributed by atoms with Gasteiger partial charge >= 0.3 is 0 Å². The predicted molar refractivity (Wildman–Crippen MR) is 136 cm³/mol. The quantitative estimate of drug-likeness (QED) is 0.477. The van der Waals surface area contributed by atoms with Crippen LogP contribution in [0.25, 0.3) is 10.9 Å². The fourth-order valence-electron chi connectivity index (χ4n) is 4.75. The van der Waals surface area contributed by atoms with E-state index >= 15 is 0 Å². The first kappa shape index (κ1) is 24.1. The van der Waals surface area contributed by atoms with Crippen molar-refractivity contribution in [3.63, 3.8) is 0 Å². The van der Waals surface area contributed by atoms with E-state index in [2.05, 4.69) is 27.6 Å². The second kappa shape index (κ2) is 10.1. The Labute approximate surface area is 208 Å². The molecule has 0 saturated heterocycles. The minimum Gasteiger partial charge on any atom is -0.351 e. The highest BCUT2D eigenvalue weighted by atomic mass is 35.5. The van der Waals surface area contributed by atoms with Gasteiger partial charge in [0.2, 0.25) is 0 Å². The molecule has 1 fully saturated rings. The van der Waals surface area contributed by atoms with Gasteiger partial charge in [-0.3, -0.25) is 9.59 Å². The van der Waals surface area contributed by atoms with Crippen LogP contribution in [0.2, 0.25) is 5.02 Å². The van der Waals surface area contributed by atoms with Crippen LogP contribution in [0.5, 0.6) is 0 Å². The van der Waals surface area contributed by atoms with Crippen molar-refractivity contribution in [2.75, 3.05) is 13.6 Å². The lowest BCUT2D eigenvalue weighted by atomic mass is 9.90. The number of H-pyrrole nitrogens is 1. The Balaban J connectivity index is 0.00000259. The van der Waals surface area contributed by atoms with E-state index in [0.717, 1.165) is 61.0 Å². The van der Waals surface area contributed by atoms with Gasteiger partial charge in [-0.2, -0.15) is 0 Å². The molecule has 2 atom stereocenters. The monoisotopic (exact) mass is 506 g/mol. The molecule has 1 aliphatic carbocycles. The maximum atomic E-state index is 13.0. The van der Waals surface area contributed by atoms with Crippen LogP contribution in [0.15, 0.2) is 30.3 Å². The maximum absolute atomic E-state index is 13.0. The minimum atomic E-state index is -0.155. The molecule has 0 unspecified atom stereocenters. The number of carbonyl (C=O) groups excluding carboxylic acids is 2. The third-order valence-corrected chi connectivity index (χ3v) is 7.92. The van der Waals surface area contributed by atoms with Crippen LogP contribution in [0.3, 0.4) is 0 Å². The first-order valence-electron chi connectivity index (χ1n) is 11.2. The van der Waals surface area contributed by atoms with E-state index in [1.807, 2.05) is 24.3 Å². The molecule has 5 rings (SSSR count). The Bertz CT molecular complexity index is 1170. The summed E-state index contributed by atoms with van der Waals surface area (Å²) < 4.78 is 0. The zero-order valence-corrected chi connectivity index (χ0v) is 20.8. The molecule has 1 aliphatic heterocycles. The number of halogens is 2. The number of likely N-dealkylation sites (N-methyl/N-ethyl adjacent to an activating group) is 1. The average molecular weight is 507 g/mol. The van der Waals surface area contributed by atoms with Crippen LogP contribution in [0.4, 0.5) is 0 Å². The minimum absolute atomic E-state index is 0. The van der Waals surface area contributed by atoms with Gasteiger partial charge in [0.15, 0.2) is 0 Å². The van der Waals surface area contributed by atoms with E-state index in [9.17, 15) is 9.59 Å². The third kappa shape index (κ3) is 5.22. The molecule has 1 saturated carbocycles. The van der Waals surface area contributed by atoms with Crippen molar-refractivity contribution in [1.82, 2.24) is 20.5 Å². The number of carbonyl (C=O) groups is 2. The zero-order valence-electron chi connectivity index (χ0n) is 18.4. The van der Waals surface area contributed by atoms with Gasteiger partial charge in [-0.1, -0.05) is 24.4 Å². The first-order chi connectivity index (χ1) is 15.5. The van der Waals surface area contributed by atoms with Crippen molar-refractivity contribution in [2.24, 2.45) is 0 Å². The highest BCUT2D eigenvalue weighted by molar-refractivity contribution is 7.14. The summed E-state index contributed by atoms with van der Waals surface area (Å²) in [5.41, 5.74) is 2.68. The van der Waals surface area contributed by atoms with Gasteiger partial charge in [0.1, 0.15) is 5.69 Å². The zero-order chi connectivity index (χ0) is 22.2. The molecule has 176 valence electrons. The Hall–Kier alpha value is -2.06. The number of hydrogen-bond acceptors (Lipinski definition) is 4. The first-order valence-corrected chi connectivity index (χ1v) is 12.4. The summed E-state index contributed by atoms with van der Waals surface area (Å²) in [5, 5.41) is 7.91. The van der Waals surface area contributed by atoms with Crippen molar-refractivity contribution >= 4 is 58.1 Å². The number of aromatic amines is 1. The van der Waals surface area contributed by atoms with Gasteiger partial charge in [0.05, 0.1) is 4.88 Å². The molecular weight excluding hydrogens is 479 g/mol. The molecule has 9 heteroatoms. The highest BCUT2D eigenvalue weighted by Crippen LogP contribution is 2.28. The van der Waals surface area contributed by atoms with Crippen molar-refractivity contribution in [3.05, 3.63) is 56.4 Å². The predicted octanol–water partition coefficient (Wildman–Crippen LogP) is 4.76. The van der Waals surface area contributed by atoms with Crippen LogP contribution in [0, 0.1) is 0 Å². The summed E-state index contributed by atoms with van der Waals surface area (Å²) in [6.07, 6.45) is 4.81. The number of hydrogen-bond donors (Lipinski definition) is 3. The largest absolute Gasteiger partial charge is 0.351 e. The SMILES string of the molecule is CN1CCc2cc(C(=O)N[C@@H]3CCCC[C@@H]3NC(=O)c3cc4cc(Cl)ccc4[nH]3)sc2C1.Cl. The summed E-state index contributed by atoms with van der Waals surface area (Å²) in [5.74, 6) is -0.184. The molecule has 0 spiro atoms. The second-order valence-electron chi connectivity index (χ2n) is 8.91. The molecule has 3 N–H and O–H groups in total. The van der Waals surface area contributed by atoms with E-state index in [1.54, 1.807) is 17.4 Å². The molecule has 2 aromatic heterocycles. The molecule has 3 aromatic rings. The Morgan fingerprint density at radius 1 is 1.09 bits per heavy atom. The van der Waals surface area contributed by atoms with Crippen molar-refractivity contribution in [1.29, 1.82) is 0 Å². The number of nitrogens with zero attached hydrogens (tertiary/aromatic N) is 1. The maximum Gasteiger partial charge on any atom is 0.268 e. The van der Waals surface area contributed by atoms with Crippen LogP contribution in [-0.4, -0.2) is 47.4 Å². The van der Waals surface area contributed by atoms with E-state index in [4.69, 9.17) is 11.6 Å². The lowest BCUT2D eigenvalue weighted by Crippen LogP contribution is -2.53. The van der Waals surface area contributed by atoms with Crippen LogP contribution in [0.1, 0.15) is 56.3 Å². The molecule has 2 amide bonds. The van der Waals surface area contributed by atoms with Gasteiger partial charge in [-0.05, 0) is 62.2 Å².